The number of halogens is 1. The van der Waals surface area contributed by atoms with Crippen LogP contribution in [-0.4, -0.2) is 28.5 Å². The van der Waals surface area contributed by atoms with Crippen molar-refractivity contribution in [1.82, 2.24) is 0 Å². The largest absolute Gasteiger partial charge is 0.504 e. The van der Waals surface area contributed by atoms with Gasteiger partial charge in [0.25, 0.3) is 0 Å². The molecule has 0 aliphatic rings. The van der Waals surface area contributed by atoms with E-state index in [4.69, 9.17) is 4.74 Å². The normalized spacial score (nSPS) is 15.2. The molecule has 6 heteroatoms. The number of hydrogen-bond donors (Lipinski definition) is 3. The Balaban J connectivity index is 2.03. The number of phenols is 1. The van der Waals surface area contributed by atoms with E-state index in [0.717, 1.165) is 19.6 Å². The molecule has 0 bridgehead atoms. The molecule has 0 aliphatic carbocycles. The first kappa shape index (κ1) is 21.9. The van der Waals surface area contributed by atoms with Gasteiger partial charge in [-0.3, -0.25) is 0 Å². The SMILES string of the molecule is C=C[C@H]([C@H](O)CC/C(C)=C/c1cc(I)c(O)c(OC)c1)[C@H](O)c1cccs1. The second kappa shape index (κ2) is 10.3. The molecule has 3 atom stereocenters. The number of thiophene rings is 1. The second-order valence-electron chi connectivity index (χ2n) is 6.42. The third-order valence-electron chi connectivity index (χ3n) is 4.43. The summed E-state index contributed by atoms with van der Waals surface area (Å²) in [5.41, 5.74) is 2.02. The van der Waals surface area contributed by atoms with Crippen molar-refractivity contribution in [3.8, 4) is 11.5 Å². The van der Waals surface area contributed by atoms with E-state index >= 15 is 0 Å². The molecule has 1 aromatic carbocycles. The van der Waals surface area contributed by atoms with Crippen molar-refractivity contribution in [3.05, 3.63) is 61.9 Å². The minimum absolute atomic E-state index is 0.139. The van der Waals surface area contributed by atoms with Crippen LogP contribution in [0.1, 0.15) is 36.3 Å². The van der Waals surface area contributed by atoms with Crippen molar-refractivity contribution in [1.29, 1.82) is 0 Å². The standard InChI is InChI=1S/C21H25IO4S/c1-4-15(20(24)19-6-5-9-27-19)17(23)8-7-13(2)10-14-11-16(22)21(25)18(12-14)26-3/h4-6,9-12,15,17,20,23-25H,1,7-8H2,2-3H3/b13-10+/t15-,17-,20+/m1/s1. The maximum absolute atomic E-state index is 10.5. The van der Waals surface area contributed by atoms with Crippen LogP contribution in [0.4, 0.5) is 0 Å². The van der Waals surface area contributed by atoms with Gasteiger partial charge >= 0.3 is 0 Å². The van der Waals surface area contributed by atoms with Crippen molar-refractivity contribution in [2.24, 2.45) is 5.92 Å². The molecule has 0 fully saturated rings. The molecular formula is C21H25IO4S. The summed E-state index contributed by atoms with van der Waals surface area (Å²) in [6.07, 6.45) is 3.41. The highest BCUT2D eigenvalue weighted by atomic mass is 127. The number of benzene rings is 1. The number of ether oxygens (including phenoxy) is 1. The molecule has 0 saturated carbocycles. The highest BCUT2D eigenvalue weighted by molar-refractivity contribution is 14.1. The second-order valence-corrected chi connectivity index (χ2v) is 8.57. The predicted molar refractivity (Wildman–Crippen MR) is 119 cm³/mol. The van der Waals surface area contributed by atoms with Crippen molar-refractivity contribution in [2.45, 2.75) is 32.0 Å². The first-order valence-electron chi connectivity index (χ1n) is 8.63. The maximum atomic E-state index is 10.5. The van der Waals surface area contributed by atoms with E-state index in [-0.39, 0.29) is 5.75 Å². The Bertz CT molecular complexity index is 786. The fraction of sp³-hybridized carbons (Fsp3) is 0.333. The van der Waals surface area contributed by atoms with E-state index in [1.807, 2.05) is 36.6 Å². The highest BCUT2D eigenvalue weighted by Crippen LogP contribution is 2.34. The van der Waals surface area contributed by atoms with E-state index in [1.54, 1.807) is 12.1 Å². The van der Waals surface area contributed by atoms with Crippen LogP contribution < -0.4 is 4.74 Å². The van der Waals surface area contributed by atoms with E-state index in [9.17, 15) is 15.3 Å². The van der Waals surface area contributed by atoms with Crippen LogP contribution in [0.3, 0.4) is 0 Å². The molecule has 0 amide bonds. The lowest BCUT2D eigenvalue weighted by atomic mass is 9.90. The van der Waals surface area contributed by atoms with Crippen LogP contribution in [0.25, 0.3) is 6.08 Å². The average Bonchev–Trinajstić information content (AvgIpc) is 3.18. The van der Waals surface area contributed by atoms with Gasteiger partial charge in [0.1, 0.15) is 0 Å². The van der Waals surface area contributed by atoms with Gasteiger partial charge < -0.3 is 20.1 Å². The molecule has 0 saturated heterocycles. The van der Waals surface area contributed by atoms with Gasteiger partial charge in [-0.2, -0.15) is 0 Å². The Hall–Kier alpha value is -1.35. The Morgan fingerprint density at radius 1 is 1.37 bits per heavy atom. The van der Waals surface area contributed by atoms with Crippen molar-refractivity contribution in [2.75, 3.05) is 7.11 Å². The van der Waals surface area contributed by atoms with E-state index < -0.39 is 18.1 Å². The number of methoxy groups -OCH3 is 1. The van der Waals surface area contributed by atoms with Gasteiger partial charge in [-0.05, 0) is 71.5 Å². The van der Waals surface area contributed by atoms with Gasteiger partial charge in [0.2, 0.25) is 0 Å². The Kier molecular flexibility index (Phi) is 8.34. The molecule has 2 aromatic rings. The smallest absolute Gasteiger partial charge is 0.171 e. The molecule has 2 rings (SSSR count). The number of hydrogen-bond acceptors (Lipinski definition) is 5. The number of aliphatic hydroxyl groups is 2. The number of phenolic OH excluding ortho intramolecular Hbond substituents is 1. The summed E-state index contributed by atoms with van der Waals surface area (Å²) in [7, 11) is 1.52. The number of rotatable bonds is 9. The molecule has 4 nitrogen and oxygen atoms in total. The monoisotopic (exact) mass is 500 g/mol. The number of aliphatic hydroxyl groups excluding tert-OH is 2. The van der Waals surface area contributed by atoms with Gasteiger partial charge in [0.05, 0.1) is 22.9 Å². The summed E-state index contributed by atoms with van der Waals surface area (Å²) in [5, 5.41) is 32.9. The molecule has 1 aromatic heterocycles. The minimum atomic E-state index is -0.746. The summed E-state index contributed by atoms with van der Waals surface area (Å²) in [6, 6.07) is 7.41. The lowest BCUT2D eigenvalue weighted by Gasteiger charge is -2.24. The summed E-state index contributed by atoms with van der Waals surface area (Å²) in [6.45, 7) is 5.77. The number of allylic oxidation sites excluding steroid dienone is 1. The Labute approximate surface area is 178 Å². The minimum Gasteiger partial charge on any atom is -0.504 e. The molecule has 27 heavy (non-hydrogen) atoms. The van der Waals surface area contributed by atoms with Crippen LogP contribution in [0.15, 0.2) is 47.9 Å². The molecule has 0 spiro atoms. The molecule has 1 heterocycles. The fourth-order valence-electron chi connectivity index (χ4n) is 2.90. The van der Waals surface area contributed by atoms with E-state index in [0.29, 0.717) is 18.6 Å². The van der Waals surface area contributed by atoms with E-state index in [1.165, 1.54) is 18.4 Å². The maximum Gasteiger partial charge on any atom is 0.171 e. The van der Waals surface area contributed by atoms with Crippen molar-refractivity contribution < 1.29 is 20.1 Å². The summed E-state index contributed by atoms with van der Waals surface area (Å²) in [5.74, 6) is 0.164. The highest BCUT2D eigenvalue weighted by Gasteiger charge is 2.25. The zero-order valence-electron chi connectivity index (χ0n) is 15.4. The number of aromatic hydroxyl groups is 1. The Morgan fingerprint density at radius 2 is 2.11 bits per heavy atom. The quantitative estimate of drug-likeness (QED) is 0.329. The molecule has 146 valence electrons. The Morgan fingerprint density at radius 3 is 2.70 bits per heavy atom. The van der Waals surface area contributed by atoms with Crippen LogP contribution in [0.5, 0.6) is 11.5 Å². The lowest BCUT2D eigenvalue weighted by molar-refractivity contribution is 0.0337. The first-order chi connectivity index (χ1) is 12.9. The predicted octanol–water partition coefficient (Wildman–Crippen LogP) is 5.15. The van der Waals surface area contributed by atoms with Gasteiger partial charge in [-0.15, -0.1) is 17.9 Å². The van der Waals surface area contributed by atoms with Crippen molar-refractivity contribution in [3.63, 3.8) is 0 Å². The van der Waals surface area contributed by atoms with Crippen LogP contribution in [0.2, 0.25) is 0 Å². The first-order valence-corrected chi connectivity index (χ1v) is 10.6. The summed E-state index contributed by atoms with van der Waals surface area (Å²) in [4.78, 5) is 0.831. The fourth-order valence-corrected chi connectivity index (χ4v) is 4.30. The zero-order chi connectivity index (χ0) is 20.0. The molecule has 0 aliphatic heterocycles. The topological polar surface area (TPSA) is 69.9 Å². The van der Waals surface area contributed by atoms with Crippen LogP contribution >= 0.6 is 33.9 Å². The molecule has 0 unspecified atom stereocenters. The van der Waals surface area contributed by atoms with Gasteiger partial charge in [-0.1, -0.05) is 23.8 Å². The van der Waals surface area contributed by atoms with Gasteiger partial charge in [0.15, 0.2) is 11.5 Å². The molecule has 3 N–H and O–H groups in total. The van der Waals surface area contributed by atoms with Crippen molar-refractivity contribution >= 4 is 40.0 Å². The summed E-state index contributed by atoms with van der Waals surface area (Å²) >= 11 is 3.54. The summed E-state index contributed by atoms with van der Waals surface area (Å²) < 4.78 is 5.91. The third-order valence-corrected chi connectivity index (χ3v) is 6.20. The van der Waals surface area contributed by atoms with Crippen LogP contribution in [0, 0.1) is 9.49 Å². The van der Waals surface area contributed by atoms with Gasteiger partial charge in [0, 0.05) is 10.8 Å². The molecule has 0 radical (unpaired) electrons. The average molecular weight is 500 g/mol. The van der Waals surface area contributed by atoms with Crippen LogP contribution in [-0.2, 0) is 0 Å². The van der Waals surface area contributed by atoms with Gasteiger partial charge in [-0.25, -0.2) is 0 Å². The van der Waals surface area contributed by atoms with E-state index in [2.05, 4.69) is 29.2 Å². The lowest BCUT2D eigenvalue weighted by Crippen LogP contribution is -2.24. The molecular weight excluding hydrogens is 475 g/mol. The third kappa shape index (κ3) is 5.81. The zero-order valence-corrected chi connectivity index (χ0v) is 18.4.